The standard InChI is InChI=1S/C21H19FN2O3S/c22-17-8-4-3-7-16(17)18-9-10-23(11-12-28-18)19(25)13-24-20(26)14-5-1-2-6-15(14)21(24)27/h1-8,18H,9-13H2. The SMILES string of the molecule is O=C(CN1C(=O)c2ccccc2C1=O)N1CCSC(c2ccccc2F)CC1. The van der Waals surface area contributed by atoms with E-state index in [1.165, 1.54) is 6.07 Å². The number of carbonyl (C=O) groups excluding carboxylic acids is 3. The fraction of sp³-hybridized carbons (Fsp3) is 0.286. The molecule has 144 valence electrons. The number of carbonyl (C=O) groups is 3. The Hall–Kier alpha value is -2.67. The van der Waals surface area contributed by atoms with E-state index in [0.717, 1.165) is 4.90 Å². The van der Waals surface area contributed by atoms with Crippen molar-refractivity contribution in [2.24, 2.45) is 0 Å². The van der Waals surface area contributed by atoms with Crippen molar-refractivity contribution in [3.63, 3.8) is 0 Å². The van der Waals surface area contributed by atoms with Crippen LogP contribution >= 0.6 is 11.8 Å². The average molecular weight is 398 g/mol. The summed E-state index contributed by atoms with van der Waals surface area (Å²) in [5, 5.41) is -0.0155. The summed E-state index contributed by atoms with van der Waals surface area (Å²) in [7, 11) is 0. The highest BCUT2D eigenvalue weighted by Gasteiger charge is 2.37. The summed E-state index contributed by atoms with van der Waals surface area (Å²) in [6.45, 7) is 0.715. The van der Waals surface area contributed by atoms with Crippen molar-refractivity contribution >= 4 is 29.5 Å². The number of thioether (sulfide) groups is 1. The van der Waals surface area contributed by atoms with Crippen molar-refractivity contribution in [1.29, 1.82) is 0 Å². The predicted octanol–water partition coefficient (Wildman–Crippen LogP) is 3.13. The van der Waals surface area contributed by atoms with E-state index < -0.39 is 11.8 Å². The lowest BCUT2D eigenvalue weighted by Crippen LogP contribution is -2.43. The molecule has 1 fully saturated rings. The minimum atomic E-state index is -0.428. The van der Waals surface area contributed by atoms with Gasteiger partial charge in [0.05, 0.1) is 11.1 Å². The molecule has 3 amide bonds. The Kier molecular flexibility index (Phi) is 5.17. The largest absolute Gasteiger partial charge is 0.340 e. The van der Waals surface area contributed by atoms with Gasteiger partial charge in [-0.1, -0.05) is 30.3 Å². The third kappa shape index (κ3) is 3.42. The summed E-state index contributed by atoms with van der Waals surface area (Å²) in [4.78, 5) is 40.3. The molecule has 0 aromatic heterocycles. The lowest BCUT2D eigenvalue weighted by atomic mass is 10.1. The molecule has 2 heterocycles. The van der Waals surface area contributed by atoms with Gasteiger partial charge in [0.2, 0.25) is 5.91 Å². The maximum Gasteiger partial charge on any atom is 0.262 e. The zero-order valence-corrected chi connectivity index (χ0v) is 16.0. The van der Waals surface area contributed by atoms with E-state index in [4.69, 9.17) is 0 Å². The molecular weight excluding hydrogens is 379 g/mol. The number of hydrogen-bond acceptors (Lipinski definition) is 4. The molecule has 4 rings (SSSR count). The zero-order chi connectivity index (χ0) is 19.7. The minimum absolute atomic E-state index is 0.0155. The molecule has 0 aliphatic carbocycles. The molecule has 0 bridgehead atoms. The molecule has 7 heteroatoms. The maximum atomic E-state index is 14.1. The molecule has 2 aliphatic heterocycles. The van der Waals surface area contributed by atoms with Gasteiger partial charge in [-0.05, 0) is 24.6 Å². The number of hydrogen-bond donors (Lipinski definition) is 0. The molecule has 1 unspecified atom stereocenters. The minimum Gasteiger partial charge on any atom is -0.340 e. The van der Waals surface area contributed by atoms with Crippen molar-refractivity contribution in [1.82, 2.24) is 9.80 Å². The molecule has 0 radical (unpaired) electrons. The third-order valence-electron chi connectivity index (χ3n) is 5.12. The van der Waals surface area contributed by atoms with E-state index in [1.807, 2.05) is 6.07 Å². The average Bonchev–Trinajstić information content (AvgIpc) is 2.87. The first-order valence-corrected chi connectivity index (χ1v) is 10.2. The summed E-state index contributed by atoms with van der Waals surface area (Å²) in [5.74, 6) is -0.674. The van der Waals surface area contributed by atoms with Crippen LogP contribution in [-0.4, -0.2) is 52.9 Å². The zero-order valence-electron chi connectivity index (χ0n) is 15.1. The number of rotatable bonds is 3. The number of nitrogens with zero attached hydrogens (tertiary/aromatic N) is 2. The summed E-state index contributed by atoms with van der Waals surface area (Å²) < 4.78 is 14.1. The summed E-state index contributed by atoms with van der Waals surface area (Å²) in [6.07, 6.45) is 0.624. The van der Waals surface area contributed by atoms with Gasteiger partial charge < -0.3 is 4.90 Å². The molecule has 5 nitrogen and oxygen atoms in total. The molecule has 1 saturated heterocycles. The van der Waals surface area contributed by atoms with E-state index in [1.54, 1.807) is 53.1 Å². The quantitative estimate of drug-likeness (QED) is 0.746. The fourth-order valence-corrected chi connectivity index (χ4v) is 4.88. The number of imide groups is 1. The number of fused-ring (bicyclic) bond motifs is 1. The second kappa shape index (κ2) is 7.75. The van der Waals surface area contributed by atoms with Crippen molar-refractivity contribution in [3.8, 4) is 0 Å². The second-order valence-electron chi connectivity index (χ2n) is 6.79. The van der Waals surface area contributed by atoms with Crippen LogP contribution in [0.5, 0.6) is 0 Å². The van der Waals surface area contributed by atoms with Gasteiger partial charge in [0.25, 0.3) is 11.8 Å². The van der Waals surface area contributed by atoms with E-state index >= 15 is 0 Å². The first-order valence-electron chi connectivity index (χ1n) is 9.15. The summed E-state index contributed by atoms with van der Waals surface area (Å²) in [5.41, 5.74) is 1.33. The molecular formula is C21H19FN2O3S. The van der Waals surface area contributed by atoms with Crippen LogP contribution < -0.4 is 0 Å². The molecule has 28 heavy (non-hydrogen) atoms. The first kappa shape index (κ1) is 18.7. The van der Waals surface area contributed by atoms with Gasteiger partial charge in [0.1, 0.15) is 12.4 Å². The highest BCUT2D eigenvalue weighted by Crippen LogP contribution is 2.35. The Bertz CT molecular complexity index is 914. The van der Waals surface area contributed by atoms with Crippen LogP contribution in [0.15, 0.2) is 48.5 Å². The van der Waals surface area contributed by atoms with Crippen molar-refractivity contribution in [2.45, 2.75) is 11.7 Å². The maximum absolute atomic E-state index is 14.1. The molecule has 0 N–H and O–H groups in total. The Morgan fingerprint density at radius 3 is 2.32 bits per heavy atom. The van der Waals surface area contributed by atoms with Crippen LogP contribution in [0.25, 0.3) is 0 Å². The number of halogens is 1. The number of amides is 3. The van der Waals surface area contributed by atoms with Crippen LogP contribution in [0.2, 0.25) is 0 Å². The van der Waals surface area contributed by atoms with Gasteiger partial charge >= 0.3 is 0 Å². The first-order chi connectivity index (χ1) is 13.6. The highest BCUT2D eigenvalue weighted by atomic mass is 32.2. The Balaban J connectivity index is 1.42. The van der Waals surface area contributed by atoms with E-state index in [2.05, 4.69) is 0 Å². The second-order valence-corrected chi connectivity index (χ2v) is 8.10. The smallest absolute Gasteiger partial charge is 0.262 e. The van der Waals surface area contributed by atoms with Gasteiger partial charge in [-0.3, -0.25) is 19.3 Å². The van der Waals surface area contributed by atoms with E-state index in [-0.39, 0.29) is 23.5 Å². The lowest BCUT2D eigenvalue weighted by Gasteiger charge is -2.23. The molecule has 2 aliphatic rings. The van der Waals surface area contributed by atoms with E-state index in [0.29, 0.717) is 42.0 Å². The lowest BCUT2D eigenvalue weighted by molar-refractivity contribution is -0.131. The molecule has 0 spiro atoms. The molecule has 2 aromatic carbocycles. The van der Waals surface area contributed by atoms with Gasteiger partial charge in [-0.25, -0.2) is 4.39 Å². The van der Waals surface area contributed by atoms with Gasteiger partial charge in [-0.15, -0.1) is 0 Å². The van der Waals surface area contributed by atoms with Crippen LogP contribution in [-0.2, 0) is 4.79 Å². The van der Waals surface area contributed by atoms with Gasteiger partial charge in [0.15, 0.2) is 0 Å². The summed E-state index contributed by atoms with van der Waals surface area (Å²) >= 11 is 1.62. The Morgan fingerprint density at radius 1 is 1.00 bits per heavy atom. The monoisotopic (exact) mass is 398 g/mol. The van der Waals surface area contributed by atoms with Crippen LogP contribution in [0.3, 0.4) is 0 Å². The van der Waals surface area contributed by atoms with Crippen molar-refractivity contribution in [2.75, 3.05) is 25.4 Å². The molecule has 2 aromatic rings. The third-order valence-corrected chi connectivity index (χ3v) is 6.43. The van der Waals surface area contributed by atoms with Crippen molar-refractivity contribution in [3.05, 3.63) is 71.0 Å². The Morgan fingerprint density at radius 2 is 1.64 bits per heavy atom. The predicted molar refractivity (Wildman–Crippen MR) is 105 cm³/mol. The molecule has 1 atom stereocenters. The molecule has 0 saturated carbocycles. The highest BCUT2D eigenvalue weighted by molar-refractivity contribution is 7.99. The summed E-state index contributed by atoms with van der Waals surface area (Å²) in [6, 6.07) is 13.3. The fourth-order valence-electron chi connectivity index (χ4n) is 3.62. The topological polar surface area (TPSA) is 57.7 Å². The van der Waals surface area contributed by atoms with Crippen LogP contribution in [0, 0.1) is 5.82 Å². The van der Waals surface area contributed by atoms with E-state index in [9.17, 15) is 18.8 Å². The van der Waals surface area contributed by atoms with Crippen molar-refractivity contribution < 1.29 is 18.8 Å². The number of benzene rings is 2. The van der Waals surface area contributed by atoms with Gasteiger partial charge in [-0.2, -0.15) is 11.8 Å². The normalized spacial score (nSPS) is 19.5. The van der Waals surface area contributed by atoms with Gasteiger partial charge in [0, 0.05) is 29.7 Å². The van der Waals surface area contributed by atoms with Crippen LogP contribution in [0.1, 0.15) is 38.0 Å². The Labute approximate surface area is 166 Å². The van der Waals surface area contributed by atoms with Crippen LogP contribution in [0.4, 0.5) is 4.39 Å².